The molecular formula is C22H24N2O3. The fourth-order valence-electron chi connectivity index (χ4n) is 4.14. The van der Waals surface area contributed by atoms with E-state index in [2.05, 4.69) is 16.0 Å². The molecule has 0 saturated carbocycles. The van der Waals surface area contributed by atoms with E-state index >= 15 is 0 Å². The maximum atomic E-state index is 12.0. The van der Waals surface area contributed by atoms with Crippen molar-refractivity contribution in [3.63, 3.8) is 0 Å². The van der Waals surface area contributed by atoms with Gasteiger partial charge in [-0.3, -0.25) is 9.88 Å². The molecule has 0 aliphatic carbocycles. The molecule has 3 heterocycles. The maximum absolute atomic E-state index is 12.0. The van der Waals surface area contributed by atoms with Crippen molar-refractivity contribution in [3.05, 3.63) is 75.4 Å². The summed E-state index contributed by atoms with van der Waals surface area (Å²) in [5, 5.41) is 11.5. The van der Waals surface area contributed by atoms with Crippen LogP contribution in [0.2, 0.25) is 0 Å². The van der Waals surface area contributed by atoms with Gasteiger partial charge in [0.25, 0.3) is 0 Å². The average molecular weight is 364 g/mol. The van der Waals surface area contributed by atoms with Gasteiger partial charge in [-0.25, -0.2) is 4.79 Å². The predicted octanol–water partition coefficient (Wildman–Crippen LogP) is 2.84. The van der Waals surface area contributed by atoms with Crippen LogP contribution in [0.1, 0.15) is 22.3 Å². The Kier molecular flexibility index (Phi) is 4.81. The number of likely N-dealkylation sites (tertiary alicyclic amines) is 1. The number of aryl methyl sites for hydroxylation is 2. The van der Waals surface area contributed by atoms with Crippen molar-refractivity contribution in [3.8, 4) is 0 Å². The Morgan fingerprint density at radius 3 is 2.74 bits per heavy atom. The van der Waals surface area contributed by atoms with Gasteiger partial charge in [0.15, 0.2) is 0 Å². The molecule has 1 aromatic carbocycles. The molecule has 0 amide bonds. The number of β-amino-alcohol motifs (C(OH)–C–C–N with tert-alkyl or cyclic N) is 1. The van der Waals surface area contributed by atoms with Gasteiger partial charge < -0.3 is 9.52 Å². The Hall–Kier alpha value is -2.50. The lowest BCUT2D eigenvalue weighted by atomic mass is 9.97. The third-order valence-corrected chi connectivity index (χ3v) is 5.38. The first-order valence-corrected chi connectivity index (χ1v) is 9.33. The molecule has 0 unspecified atom stereocenters. The molecule has 140 valence electrons. The van der Waals surface area contributed by atoms with Crippen LogP contribution in [0.3, 0.4) is 0 Å². The summed E-state index contributed by atoms with van der Waals surface area (Å²) in [5.74, 6) is 0.183. The number of hydrogen-bond donors (Lipinski definition) is 1. The highest BCUT2D eigenvalue weighted by Gasteiger charge is 2.31. The number of benzene rings is 1. The summed E-state index contributed by atoms with van der Waals surface area (Å²) in [6.45, 7) is 6.06. The summed E-state index contributed by atoms with van der Waals surface area (Å²) < 4.78 is 5.44. The molecule has 1 N–H and O–H groups in total. The smallest absolute Gasteiger partial charge is 0.336 e. The van der Waals surface area contributed by atoms with Crippen molar-refractivity contribution < 1.29 is 9.52 Å². The molecule has 0 radical (unpaired) electrons. The van der Waals surface area contributed by atoms with Crippen LogP contribution >= 0.6 is 0 Å². The second kappa shape index (κ2) is 7.25. The zero-order valence-electron chi connectivity index (χ0n) is 15.7. The van der Waals surface area contributed by atoms with Crippen molar-refractivity contribution in [1.29, 1.82) is 0 Å². The third kappa shape index (κ3) is 3.80. The minimum Gasteiger partial charge on any atom is -0.422 e. The van der Waals surface area contributed by atoms with E-state index in [1.54, 1.807) is 18.5 Å². The lowest BCUT2D eigenvalue weighted by Crippen LogP contribution is -2.22. The first kappa shape index (κ1) is 17.9. The van der Waals surface area contributed by atoms with E-state index in [1.807, 2.05) is 32.0 Å². The monoisotopic (exact) mass is 364 g/mol. The molecule has 27 heavy (non-hydrogen) atoms. The second-order valence-corrected chi connectivity index (χ2v) is 7.63. The molecule has 2 aromatic heterocycles. The first-order chi connectivity index (χ1) is 13.0. The number of pyridine rings is 1. The predicted molar refractivity (Wildman–Crippen MR) is 105 cm³/mol. The van der Waals surface area contributed by atoms with Crippen LogP contribution in [-0.2, 0) is 13.0 Å². The van der Waals surface area contributed by atoms with Crippen LogP contribution in [0.15, 0.2) is 51.9 Å². The molecule has 1 aliphatic heterocycles. The highest BCUT2D eigenvalue weighted by Crippen LogP contribution is 2.27. The summed E-state index contributed by atoms with van der Waals surface area (Å²) >= 11 is 0. The Bertz CT molecular complexity index is 1010. The lowest BCUT2D eigenvalue weighted by Gasteiger charge is -2.17. The van der Waals surface area contributed by atoms with E-state index in [4.69, 9.17) is 4.42 Å². The molecule has 0 spiro atoms. The van der Waals surface area contributed by atoms with Crippen molar-refractivity contribution in [2.45, 2.75) is 32.9 Å². The van der Waals surface area contributed by atoms with E-state index in [0.717, 1.165) is 35.0 Å². The normalized spacial score (nSPS) is 20.4. The van der Waals surface area contributed by atoms with Crippen LogP contribution in [0.25, 0.3) is 11.0 Å². The van der Waals surface area contributed by atoms with E-state index < -0.39 is 0 Å². The molecule has 1 fully saturated rings. The molecule has 2 atom stereocenters. The van der Waals surface area contributed by atoms with Gasteiger partial charge in [-0.05, 0) is 60.7 Å². The van der Waals surface area contributed by atoms with Gasteiger partial charge in [-0.1, -0.05) is 6.07 Å². The van der Waals surface area contributed by atoms with Crippen LogP contribution in [-0.4, -0.2) is 34.2 Å². The van der Waals surface area contributed by atoms with Crippen molar-refractivity contribution in [2.75, 3.05) is 13.1 Å². The van der Waals surface area contributed by atoms with Gasteiger partial charge in [0, 0.05) is 49.4 Å². The SMILES string of the molecule is Cc1cc(C)c2oc(=O)cc(CN3C[C@@H](Cc4ccncc4)[C@H](O)C3)c2c1. The maximum Gasteiger partial charge on any atom is 0.336 e. The number of aliphatic hydroxyl groups is 1. The molecule has 5 heteroatoms. The average Bonchev–Trinajstić information content (AvgIpc) is 2.96. The minimum absolute atomic E-state index is 0.183. The van der Waals surface area contributed by atoms with Gasteiger partial charge in [0.2, 0.25) is 0 Å². The molecule has 0 bridgehead atoms. The zero-order chi connectivity index (χ0) is 19.0. The molecule has 5 nitrogen and oxygen atoms in total. The molecule has 3 aromatic rings. The molecule has 1 saturated heterocycles. The molecule has 1 aliphatic rings. The van der Waals surface area contributed by atoms with Crippen molar-refractivity contribution in [2.24, 2.45) is 5.92 Å². The standard InChI is InChI=1S/C22H24N2O3/c1-14-7-15(2)22-19(8-14)17(10-21(26)27-22)11-24-12-18(20(25)13-24)9-16-3-5-23-6-4-16/h3-8,10,18,20,25H,9,11-13H2,1-2H3/t18-,20-/m1/s1. The Morgan fingerprint density at radius 2 is 1.96 bits per heavy atom. The fraction of sp³-hybridized carbons (Fsp3) is 0.364. The van der Waals surface area contributed by atoms with Gasteiger partial charge >= 0.3 is 5.63 Å². The molecular weight excluding hydrogens is 340 g/mol. The van der Waals surface area contributed by atoms with Gasteiger partial charge in [-0.15, -0.1) is 0 Å². The summed E-state index contributed by atoms with van der Waals surface area (Å²) in [7, 11) is 0. The fourth-order valence-corrected chi connectivity index (χ4v) is 4.14. The van der Waals surface area contributed by atoms with E-state index in [9.17, 15) is 9.90 Å². The summed E-state index contributed by atoms with van der Waals surface area (Å²) in [6, 6.07) is 9.68. The number of nitrogens with zero attached hydrogens (tertiary/aromatic N) is 2. The summed E-state index contributed by atoms with van der Waals surface area (Å²) in [6.07, 6.45) is 4.03. The number of aromatic nitrogens is 1. The van der Waals surface area contributed by atoms with Crippen LogP contribution in [0, 0.1) is 19.8 Å². The number of hydrogen-bond acceptors (Lipinski definition) is 5. The Labute approximate surface area is 158 Å². The summed E-state index contributed by atoms with van der Waals surface area (Å²) in [5.41, 5.74) is 4.61. The minimum atomic E-state index is -0.368. The highest BCUT2D eigenvalue weighted by molar-refractivity contribution is 5.83. The van der Waals surface area contributed by atoms with E-state index in [1.165, 1.54) is 5.56 Å². The van der Waals surface area contributed by atoms with Crippen LogP contribution < -0.4 is 5.63 Å². The topological polar surface area (TPSA) is 66.6 Å². The quantitative estimate of drug-likeness (QED) is 0.721. The van der Waals surface area contributed by atoms with Gasteiger partial charge in [0.1, 0.15) is 5.58 Å². The first-order valence-electron chi connectivity index (χ1n) is 9.33. The van der Waals surface area contributed by atoms with E-state index in [0.29, 0.717) is 18.7 Å². The van der Waals surface area contributed by atoms with Crippen molar-refractivity contribution >= 4 is 11.0 Å². The number of fused-ring (bicyclic) bond motifs is 1. The van der Waals surface area contributed by atoms with Gasteiger partial charge in [0.05, 0.1) is 6.10 Å². The highest BCUT2D eigenvalue weighted by atomic mass is 16.4. The summed E-state index contributed by atoms with van der Waals surface area (Å²) in [4.78, 5) is 18.3. The lowest BCUT2D eigenvalue weighted by molar-refractivity contribution is 0.141. The third-order valence-electron chi connectivity index (χ3n) is 5.38. The zero-order valence-corrected chi connectivity index (χ0v) is 15.7. The van der Waals surface area contributed by atoms with Crippen LogP contribution in [0.4, 0.5) is 0 Å². The van der Waals surface area contributed by atoms with E-state index in [-0.39, 0.29) is 17.6 Å². The number of rotatable bonds is 4. The van der Waals surface area contributed by atoms with Crippen molar-refractivity contribution in [1.82, 2.24) is 9.88 Å². The number of aliphatic hydroxyl groups excluding tert-OH is 1. The van der Waals surface area contributed by atoms with Crippen LogP contribution in [0.5, 0.6) is 0 Å². The van der Waals surface area contributed by atoms with Gasteiger partial charge in [-0.2, -0.15) is 0 Å². The largest absolute Gasteiger partial charge is 0.422 e. The second-order valence-electron chi connectivity index (χ2n) is 7.63. The Balaban J connectivity index is 1.57. The Morgan fingerprint density at radius 1 is 1.19 bits per heavy atom. The molecule has 4 rings (SSSR count).